The van der Waals surface area contributed by atoms with Crippen molar-refractivity contribution >= 4 is 296 Å². The van der Waals surface area contributed by atoms with Crippen molar-refractivity contribution in [2.75, 3.05) is 0 Å². The summed E-state index contributed by atoms with van der Waals surface area (Å²) in [7, 11) is 42.4. The molecule has 0 heterocycles. The lowest BCUT2D eigenvalue weighted by Crippen LogP contribution is -2.80. The van der Waals surface area contributed by atoms with Gasteiger partial charge in [-0.1, -0.05) is 87.0 Å². The summed E-state index contributed by atoms with van der Waals surface area (Å²) in [5, 5.41) is 9.08. The second kappa shape index (κ2) is 44.5. The molecule has 0 atom stereocenters. The van der Waals surface area contributed by atoms with Gasteiger partial charge in [0.05, 0.1) is 182 Å². The molecule has 0 nitrogen and oxygen atoms in total. The van der Waals surface area contributed by atoms with Gasteiger partial charge in [0.2, 0.25) is 0 Å². The van der Waals surface area contributed by atoms with Gasteiger partial charge in [-0.25, -0.2) is 0 Å². The molecule has 0 spiro atoms. The van der Waals surface area contributed by atoms with Gasteiger partial charge < -0.3 is 0 Å². The van der Waals surface area contributed by atoms with Crippen LogP contribution in [0.2, 0.25) is 0 Å². The molecule has 0 aliphatic rings. The van der Waals surface area contributed by atoms with Crippen molar-refractivity contribution in [2.24, 2.45) is 0 Å². The fourth-order valence-electron chi connectivity index (χ4n) is 19.2. The van der Waals surface area contributed by atoms with E-state index in [0.29, 0.717) is 115 Å². The van der Waals surface area contributed by atoms with Gasteiger partial charge in [0.1, 0.15) is 15.0 Å². The van der Waals surface area contributed by atoms with Gasteiger partial charge in [-0.2, -0.15) is 0 Å². The van der Waals surface area contributed by atoms with E-state index in [1.165, 1.54) is 55.0 Å². The van der Waals surface area contributed by atoms with Crippen molar-refractivity contribution in [1.29, 1.82) is 0 Å². The van der Waals surface area contributed by atoms with Crippen molar-refractivity contribution in [3.63, 3.8) is 0 Å². The Bertz CT molecular complexity index is 7450. The summed E-state index contributed by atoms with van der Waals surface area (Å²) in [6.07, 6.45) is 26.4. The van der Waals surface area contributed by atoms with Crippen LogP contribution in [0.5, 0.6) is 0 Å². The molecule has 0 aliphatic heterocycles. The minimum absolute atomic E-state index is 0.163. The van der Waals surface area contributed by atoms with Gasteiger partial charge in [0.25, 0.3) is 0 Å². The summed E-state index contributed by atoms with van der Waals surface area (Å²) >= 11 is 0. The molecule has 0 radical (unpaired) electrons. The first-order valence-electron chi connectivity index (χ1n) is 43.3. The van der Waals surface area contributed by atoms with E-state index in [1.807, 2.05) is 6.92 Å². The molecule has 125 heavy (non-hydrogen) atoms. The monoisotopic (exact) mass is 1550 g/mol. The number of terminal acetylenes is 4. The molecular formula is C96H81B29. The largest absolute Gasteiger partial charge is 0.139 e. The summed E-state index contributed by atoms with van der Waals surface area (Å²) < 4.78 is 0. The number of hydrogen-bond acceptors (Lipinski definition) is 0. The Balaban J connectivity index is 2.08. The van der Waals surface area contributed by atoms with Crippen LogP contribution in [0.25, 0.3) is 76.1 Å². The normalized spacial score (nSPS) is 9.01. The lowest BCUT2D eigenvalue weighted by Gasteiger charge is -2.41. The first kappa shape index (κ1) is 97.7. The third-order valence-electron chi connectivity index (χ3n) is 25.5. The molecule has 0 fully saturated rings. The molecule has 0 N–H and O–H groups in total. The molecule has 8 aromatic rings. The maximum atomic E-state index is 6.81. The van der Waals surface area contributed by atoms with Crippen LogP contribution < -0.4 is 32.8 Å². The van der Waals surface area contributed by atoms with E-state index in [1.54, 1.807) is 44.1 Å². The van der Waals surface area contributed by atoms with Gasteiger partial charge in [0.15, 0.2) is 0 Å². The van der Waals surface area contributed by atoms with Crippen molar-refractivity contribution in [3.8, 4) is 285 Å². The predicted molar refractivity (Wildman–Crippen MR) is 617 cm³/mol. The van der Waals surface area contributed by atoms with Gasteiger partial charge in [-0.3, -0.25) is 0 Å². The molecule has 0 saturated carbocycles. The van der Waals surface area contributed by atoms with Gasteiger partial charge in [0, 0.05) is 89.2 Å². The van der Waals surface area contributed by atoms with Crippen molar-refractivity contribution in [2.45, 2.75) is 96.9 Å². The smallest absolute Gasteiger partial charge is 0.115 e. The van der Waals surface area contributed by atoms with E-state index in [9.17, 15) is 0 Å². The number of aryl methyl sites for hydroxylation is 6. The van der Waals surface area contributed by atoms with E-state index in [2.05, 4.69) is 423 Å². The fraction of sp³-hybridized carbons (Fsp3) is 0.146. The average Bonchev–Trinajstić information content (AvgIpc) is 0.693. The highest BCUT2D eigenvalue weighted by atomic mass is 14.4. The maximum absolute atomic E-state index is 6.81. The lowest BCUT2D eigenvalue weighted by atomic mass is 8.66. The number of benzene rings is 8. The molecule has 8 rings (SSSR count). The van der Waals surface area contributed by atoms with Crippen molar-refractivity contribution in [1.82, 2.24) is 0 Å². The van der Waals surface area contributed by atoms with E-state index < -0.39 is 0 Å². The molecule has 0 amide bonds. The third kappa shape index (κ3) is 19.5. The molecule has 0 bridgehead atoms. The van der Waals surface area contributed by atoms with E-state index in [-0.39, 0.29) is 26.0 Å². The molecule has 29 heteroatoms. The Labute approximate surface area is 771 Å². The molecule has 0 saturated heterocycles. The van der Waals surface area contributed by atoms with Crippen LogP contribution in [0.4, 0.5) is 0 Å². The Morgan fingerprint density at radius 1 is 0.256 bits per heavy atom. The highest BCUT2D eigenvalue weighted by Crippen LogP contribution is 2.55. The quantitative estimate of drug-likeness (QED) is 0.0415. The van der Waals surface area contributed by atoms with Gasteiger partial charge >= 0.3 is 0 Å². The zero-order valence-electron chi connectivity index (χ0n) is 79.2. The average molecular weight is 1550 g/mol. The van der Waals surface area contributed by atoms with Crippen LogP contribution >= 0.6 is 0 Å². The Morgan fingerprint density at radius 2 is 0.624 bits per heavy atom. The summed E-state index contributed by atoms with van der Waals surface area (Å²) in [6, 6.07) is 0. The van der Waals surface area contributed by atoms with E-state index >= 15 is 0 Å². The second-order valence-electron chi connectivity index (χ2n) is 33.6. The molecule has 8 aromatic carbocycles. The SMILES string of the molecule is BBB(B)B(B(B)B)c1c(B(B(B)B)B(B)B)c(B(BB)B(B)B)c(B(B)B(B)B)c2c(C)c(-c3c4c(C)c(C)c(C)c(C)c4c(-c4c(C#CC#CC#CC)c(C#CC#CC#CC#C)c5c(C#CC#CC#CC#CC)c(C#CC#CC#CC#CC#C)c6c(C)c(C#C)c(C#CC)c(C#CC#C)c6c5c4C#CC#CC)c4c(C)c(C)c(C)c(C)c34)c(BB)c(B)c12. The van der Waals surface area contributed by atoms with Crippen LogP contribution in [0, 0.1) is 332 Å². The molecule has 0 unspecified atom stereocenters. The number of fused-ring (bicyclic) bond motifs is 6. The zero-order valence-corrected chi connectivity index (χ0v) is 79.2. The van der Waals surface area contributed by atoms with Crippen LogP contribution in [-0.4, -0.2) is 209 Å². The van der Waals surface area contributed by atoms with Gasteiger partial charge in [-0.05, 0) is 362 Å². The molecule has 0 aromatic heterocycles. The van der Waals surface area contributed by atoms with E-state index in [4.69, 9.17) is 25.7 Å². The number of rotatable bonds is 15. The zero-order chi connectivity index (χ0) is 92.1. The van der Waals surface area contributed by atoms with Crippen LogP contribution in [0.15, 0.2) is 0 Å². The molecular weight excluding hydrogens is 1470 g/mol. The fourth-order valence-corrected chi connectivity index (χ4v) is 19.2. The molecule has 0 aliphatic carbocycles. The van der Waals surface area contributed by atoms with Crippen LogP contribution in [-0.2, 0) is 0 Å². The Hall–Kier alpha value is -12.7. The maximum Gasteiger partial charge on any atom is 0.139 e. The Kier molecular flexibility index (Phi) is 34.8. The Morgan fingerprint density at radius 3 is 1.02 bits per heavy atom. The van der Waals surface area contributed by atoms with Crippen LogP contribution in [0.1, 0.15) is 128 Å². The highest BCUT2D eigenvalue weighted by molar-refractivity contribution is 7.89. The first-order valence-corrected chi connectivity index (χ1v) is 43.3. The lowest BCUT2D eigenvalue weighted by molar-refractivity contribution is 1.24. The summed E-state index contributed by atoms with van der Waals surface area (Å²) in [6.45, 7) is 30.7. The standard InChI is InChI=1S/C96H81B29/c1-19-27-33-37-40-42-46-49-54-72-73(55-51-45-41-38-34-28-20-2)84-74(56-50-44-39-35-29-21-3)75(57-48-43-36-30-22-4)85(76(58-47-31-23-5)87(84)86-71(53-32-24-6)70(52-25-7)69(26-8)67(17)77(72)86)89-80-65(15)61(11)59(9)63(13)78(80)88(79-64(14)60(10)62(12)66(16)81(79)89)82-68(18)83-90(91(97)92(82)113-98)94(119(124(110)111)125(112)115-100)96(118(122(106)107)123(108)109)95(117(114-99)121(104)105)93(83)116(101)120(102)103/h1,3,6,8,113-115H,97-112H2,2,4-5,7,9-18H3. The minimum Gasteiger partial charge on any atom is -0.115 e. The van der Waals surface area contributed by atoms with Gasteiger partial charge in [-0.15, -0.1) is 42.5 Å². The third-order valence-corrected chi connectivity index (χ3v) is 25.5. The van der Waals surface area contributed by atoms with E-state index in [0.717, 1.165) is 81.8 Å². The number of hydrogen-bond donors (Lipinski definition) is 0. The summed E-state index contributed by atoms with van der Waals surface area (Å²) in [4.78, 5) is 0. The minimum atomic E-state index is 0.163. The summed E-state index contributed by atoms with van der Waals surface area (Å²) in [5.41, 5.74) is 27.0. The predicted octanol–water partition coefficient (Wildman–Crippen LogP) is -10.0. The first-order chi connectivity index (χ1) is 59.9. The van der Waals surface area contributed by atoms with Crippen molar-refractivity contribution < 1.29 is 0 Å². The molecule has 552 valence electrons. The van der Waals surface area contributed by atoms with Crippen molar-refractivity contribution in [3.05, 3.63) is 100 Å². The van der Waals surface area contributed by atoms with Crippen LogP contribution in [0.3, 0.4) is 0 Å². The summed E-state index contributed by atoms with van der Waals surface area (Å²) in [5.74, 6) is 122. The second-order valence-corrected chi connectivity index (χ2v) is 33.6. The topological polar surface area (TPSA) is 0 Å². The highest BCUT2D eigenvalue weighted by Gasteiger charge is 2.44.